The summed E-state index contributed by atoms with van der Waals surface area (Å²) in [6.07, 6.45) is 3.18. The van der Waals surface area contributed by atoms with E-state index in [4.69, 9.17) is 11.6 Å². The molecule has 0 fully saturated rings. The van der Waals surface area contributed by atoms with Crippen molar-refractivity contribution in [2.75, 3.05) is 0 Å². The molecule has 0 aliphatic rings. The highest BCUT2D eigenvalue weighted by molar-refractivity contribution is 6.31. The average molecular weight is 208 g/mol. The Bertz CT molecular complexity index is 443. The molecule has 14 heavy (non-hydrogen) atoms. The summed E-state index contributed by atoms with van der Waals surface area (Å²) in [7, 11) is 0. The van der Waals surface area contributed by atoms with Crippen molar-refractivity contribution in [3.63, 3.8) is 0 Å². The lowest BCUT2D eigenvalue weighted by Crippen LogP contribution is -1.92. The molecule has 0 spiro atoms. The third kappa shape index (κ3) is 1.78. The van der Waals surface area contributed by atoms with Crippen molar-refractivity contribution < 1.29 is 0 Å². The minimum atomic E-state index is 0.674. The van der Waals surface area contributed by atoms with Gasteiger partial charge in [-0.05, 0) is 36.1 Å². The van der Waals surface area contributed by atoms with E-state index in [1.807, 2.05) is 18.2 Å². The predicted octanol–water partition coefficient (Wildman–Crippen LogP) is 4.02. The van der Waals surface area contributed by atoms with Gasteiger partial charge in [-0.2, -0.15) is 0 Å². The van der Waals surface area contributed by atoms with E-state index in [-0.39, 0.29) is 0 Å². The molecule has 0 bridgehead atoms. The van der Waals surface area contributed by atoms with Crippen molar-refractivity contribution in [3.8, 4) is 0 Å². The first-order chi connectivity index (χ1) is 6.66. The second-order valence-corrected chi connectivity index (χ2v) is 4.54. The first-order valence-electron chi connectivity index (χ1n) is 4.92. The molecule has 2 rings (SSSR count). The van der Waals surface area contributed by atoms with Crippen LogP contribution in [0.15, 0.2) is 24.4 Å². The quantitative estimate of drug-likeness (QED) is 0.766. The van der Waals surface area contributed by atoms with Gasteiger partial charge in [0.2, 0.25) is 0 Å². The molecule has 0 aliphatic carbocycles. The first kappa shape index (κ1) is 9.60. The van der Waals surface area contributed by atoms with Gasteiger partial charge in [0.15, 0.2) is 0 Å². The van der Waals surface area contributed by atoms with Crippen LogP contribution in [0.5, 0.6) is 0 Å². The molecule has 1 heterocycles. The zero-order valence-corrected chi connectivity index (χ0v) is 9.23. The lowest BCUT2D eigenvalue weighted by molar-refractivity contribution is 0.650. The van der Waals surface area contributed by atoms with Gasteiger partial charge >= 0.3 is 0 Å². The van der Waals surface area contributed by atoms with E-state index in [0.29, 0.717) is 5.92 Å². The Balaban J connectivity index is 2.50. The summed E-state index contributed by atoms with van der Waals surface area (Å²) in [6, 6.07) is 5.98. The van der Waals surface area contributed by atoms with Crippen LogP contribution in [0, 0.1) is 5.92 Å². The summed E-state index contributed by atoms with van der Waals surface area (Å²) in [6.45, 7) is 4.45. The smallest absolute Gasteiger partial charge is 0.0457 e. The van der Waals surface area contributed by atoms with Gasteiger partial charge in [0, 0.05) is 22.1 Å². The largest absolute Gasteiger partial charge is 0.361 e. The average Bonchev–Trinajstić information content (AvgIpc) is 2.47. The van der Waals surface area contributed by atoms with E-state index in [1.165, 1.54) is 16.5 Å². The number of aromatic amines is 1. The number of hydrogen-bond donors (Lipinski definition) is 1. The lowest BCUT2D eigenvalue weighted by atomic mass is 10.0. The highest BCUT2D eigenvalue weighted by atomic mass is 35.5. The zero-order chi connectivity index (χ0) is 10.1. The number of rotatable bonds is 2. The van der Waals surface area contributed by atoms with Crippen molar-refractivity contribution in [1.82, 2.24) is 4.98 Å². The van der Waals surface area contributed by atoms with E-state index >= 15 is 0 Å². The zero-order valence-electron chi connectivity index (χ0n) is 8.47. The minimum absolute atomic E-state index is 0.674. The predicted molar refractivity (Wildman–Crippen MR) is 61.9 cm³/mol. The summed E-state index contributed by atoms with van der Waals surface area (Å²) >= 11 is 5.97. The molecule has 0 aliphatic heterocycles. The molecule has 74 valence electrons. The molecule has 2 aromatic rings. The van der Waals surface area contributed by atoms with Crippen LogP contribution in [-0.4, -0.2) is 4.98 Å². The fourth-order valence-electron chi connectivity index (χ4n) is 1.76. The molecule has 0 saturated carbocycles. The summed E-state index contributed by atoms with van der Waals surface area (Å²) in [4.78, 5) is 3.26. The normalized spacial score (nSPS) is 11.4. The summed E-state index contributed by atoms with van der Waals surface area (Å²) in [5.41, 5.74) is 2.53. The summed E-state index contributed by atoms with van der Waals surface area (Å²) in [5, 5.41) is 2.06. The molecule has 0 amide bonds. The van der Waals surface area contributed by atoms with Crippen LogP contribution < -0.4 is 0 Å². The summed E-state index contributed by atoms with van der Waals surface area (Å²) in [5.74, 6) is 0.674. The molecule has 0 unspecified atom stereocenters. The topological polar surface area (TPSA) is 15.8 Å². The molecular weight excluding hydrogens is 194 g/mol. The fourth-order valence-corrected chi connectivity index (χ4v) is 1.93. The van der Waals surface area contributed by atoms with Crippen molar-refractivity contribution in [3.05, 3.63) is 35.0 Å². The number of benzene rings is 1. The molecule has 1 N–H and O–H groups in total. The maximum atomic E-state index is 5.97. The monoisotopic (exact) mass is 207 g/mol. The van der Waals surface area contributed by atoms with Gasteiger partial charge in [0.1, 0.15) is 0 Å². The molecule has 2 heteroatoms. The van der Waals surface area contributed by atoms with Crippen molar-refractivity contribution in [2.24, 2.45) is 5.92 Å². The van der Waals surface area contributed by atoms with Crippen LogP contribution in [0.1, 0.15) is 19.4 Å². The molecular formula is C12H14ClN. The number of aromatic nitrogens is 1. The second kappa shape index (κ2) is 3.66. The molecule has 1 aromatic carbocycles. The van der Waals surface area contributed by atoms with Crippen LogP contribution in [0.2, 0.25) is 5.02 Å². The summed E-state index contributed by atoms with van der Waals surface area (Å²) < 4.78 is 0. The highest BCUT2D eigenvalue weighted by Gasteiger charge is 2.05. The van der Waals surface area contributed by atoms with Gasteiger partial charge < -0.3 is 4.98 Å². The molecule has 0 radical (unpaired) electrons. The van der Waals surface area contributed by atoms with E-state index < -0.39 is 0 Å². The Morgan fingerprint density at radius 3 is 2.86 bits per heavy atom. The molecule has 0 atom stereocenters. The lowest BCUT2D eigenvalue weighted by Gasteiger charge is -2.02. The third-order valence-electron chi connectivity index (χ3n) is 2.36. The SMILES string of the molecule is CC(C)Cc1c[nH]c2ccc(Cl)cc12. The number of H-pyrrole nitrogens is 1. The van der Waals surface area contributed by atoms with Crippen LogP contribution in [-0.2, 0) is 6.42 Å². The Labute approximate surface area is 89.1 Å². The maximum absolute atomic E-state index is 5.97. The van der Waals surface area contributed by atoms with E-state index in [0.717, 1.165) is 11.4 Å². The fraction of sp³-hybridized carbons (Fsp3) is 0.333. The van der Waals surface area contributed by atoms with Gasteiger partial charge in [-0.1, -0.05) is 25.4 Å². The van der Waals surface area contributed by atoms with Gasteiger partial charge in [-0.15, -0.1) is 0 Å². The van der Waals surface area contributed by atoms with E-state index in [2.05, 4.69) is 25.0 Å². The minimum Gasteiger partial charge on any atom is -0.361 e. The number of hydrogen-bond acceptors (Lipinski definition) is 0. The number of fused-ring (bicyclic) bond motifs is 1. The van der Waals surface area contributed by atoms with Crippen molar-refractivity contribution >= 4 is 22.5 Å². The third-order valence-corrected chi connectivity index (χ3v) is 2.59. The number of nitrogens with one attached hydrogen (secondary N) is 1. The van der Waals surface area contributed by atoms with Crippen molar-refractivity contribution in [1.29, 1.82) is 0 Å². The van der Waals surface area contributed by atoms with Gasteiger partial charge in [-0.3, -0.25) is 0 Å². The van der Waals surface area contributed by atoms with E-state index in [1.54, 1.807) is 0 Å². The van der Waals surface area contributed by atoms with Crippen LogP contribution in [0.25, 0.3) is 10.9 Å². The Morgan fingerprint density at radius 2 is 2.14 bits per heavy atom. The van der Waals surface area contributed by atoms with Crippen LogP contribution in [0.3, 0.4) is 0 Å². The van der Waals surface area contributed by atoms with Gasteiger partial charge in [0.05, 0.1) is 0 Å². The molecule has 0 saturated heterocycles. The standard InChI is InChI=1S/C12H14ClN/c1-8(2)5-9-7-14-12-4-3-10(13)6-11(9)12/h3-4,6-8,14H,5H2,1-2H3. The maximum Gasteiger partial charge on any atom is 0.0457 e. The second-order valence-electron chi connectivity index (χ2n) is 4.10. The molecule has 1 aromatic heterocycles. The van der Waals surface area contributed by atoms with Gasteiger partial charge in [0.25, 0.3) is 0 Å². The molecule has 1 nitrogen and oxygen atoms in total. The number of halogens is 1. The Kier molecular flexibility index (Phi) is 2.51. The van der Waals surface area contributed by atoms with Gasteiger partial charge in [-0.25, -0.2) is 0 Å². The first-order valence-corrected chi connectivity index (χ1v) is 5.30. The van der Waals surface area contributed by atoms with Crippen molar-refractivity contribution in [2.45, 2.75) is 20.3 Å². The van der Waals surface area contributed by atoms with Crippen LogP contribution >= 0.6 is 11.6 Å². The Hall–Kier alpha value is -0.950. The van der Waals surface area contributed by atoms with Crippen LogP contribution in [0.4, 0.5) is 0 Å². The Morgan fingerprint density at radius 1 is 1.36 bits per heavy atom. The highest BCUT2D eigenvalue weighted by Crippen LogP contribution is 2.24. The van der Waals surface area contributed by atoms with E-state index in [9.17, 15) is 0 Å².